The van der Waals surface area contributed by atoms with Crippen LogP contribution >= 0.6 is 11.8 Å². The highest BCUT2D eigenvalue weighted by Crippen LogP contribution is 2.31. The highest BCUT2D eigenvalue weighted by Gasteiger charge is 2.17. The van der Waals surface area contributed by atoms with Crippen molar-refractivity contribution in [2.75, 3.05) is 24.7 Å². The number of benzene rings is 1. The van der Waals surface area contributed by atoms with Crippen molar-refractivity contribution in [3.8, 4) is 0 Å². The zero-order valence-corrected chi connectivity index (χ0v) is 11.7. The zero-order chi connectivity index (χ0) is 14.5. The van der Waals surface area contributed by atoms with Crippen molar-refractivity contribution in [3.05, 3.63) is 23.8 Å². The fourth-order valence-electron chi connectivity index (χ4n) is 1.71. The molecule has 0 fully saturated rings. The average molecular weight is 294 g/mol. The molecule has 0 spiro atoms. The van der Waals surface area contributed by atoms with Gasteiger partial charge in [0.15, 0.2) is 0 Å². The topological polar surface area (TPSA) is 84.5 Å². The van der Waals surface area contributed by atoms with Crippen LogP contribution in [0.15, 0.2) is 23.1 Å². The molecule has 1 aliphatic heterocycles. The Morgan fingerprint density at radius 3 is 3.00 bits per heavy atom. The van der Waals surface area contributed by atoms with Crippen molar-refractivity contribution in [1.82, 2.24) is 5.32 Å². The third-order valence-corrected chi connectivity index (χ3v) is 3.79. The number of carbonyl (C=O) groups is 3. The summed E-state index contributed by atoms with van der Waals surface area (Å²) in [5.74, 6) is -0.357. The zero-order valence-electron chi connectivity index (χ0n) is 10.9. The quantitative estimate of drug-likeness (QED) is 0.810. The van der Waals surface area contributed by atoms with E-state index in [2.05, 4.69) is 15.4 Å². The van der Waals surface area contributed by atoms with Gasteiger partial charge < -0.3 is 15.4 Å². The number of thioether (sulfide) groups is 1. The lowest BCUT2D eigenvalue weighted by molar-refractivity contribution is -0.140. The van der Waals surface area contributed by atoms with E-state index in [-0.39, 0.29) is 30.7 Å². The number of anilines is 1. The third kappa shape index (κ3) is 3.51. The number of hydrogen-bond acceptors (Lipinski definition) is 5. The van der Waals surface area contributed by atoms with E-state index in [0.717, 1.165) is 4.90 Å². The van der Waals surface area contributed by atoms with Crippen LogP contribution in [0.2, 0.25) is 0 Å². The molecule has 20 heavy (non-hydrogen) atoms. The maximum atomic E-state index is 11.9. The molecular weight excluding hydrogens is 280 g/mol. The third-order valence-electron chi connectivity index (χ3n) is 2.72. The summed E-state index contributed by atoms with van der Waals surface area (Å²) in [5.41, 5.74) is 1.09. The number of methoxy groups -OCH3 is 1. The SMILES string of the molecule is COC(=O)CCNC(=O)c1ccc2c(c1)NC(=O)CS2. The van der Waals surface area contributed by atoms with Gasteiger partial charge in [-0.25, -0.2) is 0 Å². The Morgan fingerprint density at radius 1 is 1.45 bits per heavy atom. The van der Waals surface area contributed by atoms with Gasteiger partial charge in [0.25, 0.3) is 5.91 Å². The fraction of sp³-hybridized carbons (Fsp3) is 0.308. The van der Waals surface area contributed by atoms with E-state index in [9.17, 15) is 14.4 Å². The second kappa shape index (κ2) is 6.42. The van der Waals surface area contributed by atoms with Gasteiger partial charge >= 0.3 is 5.97 Å². The smallest absolute Gasteiger partial charge is 0.307 e. The van der Waals surface area contributed by atoms with E-state index < -0.39 is 0 Å². The molecule has 7 heteroatoms. The minimum absolute atomic E-state index is 0.0780. The Morgan fingerprint density at radius 2 is 2.25 bits per heavy atom. The van der Waals surface area contributed by atoms with Gasteiger partial charge in [-0.2, -0.15) is 0 Å². The van der Waals surface area contributed by atoms with Gasteiger partial charge in [-0.1, -0.05) is 0 Å². The molecule has 6 nitrogen and oxygen atoms in total. The Hall–Kier alpha value is -2.02. The summed E-state index contributed by atoms with van der Waals surface area (Å²) in [5, 5.41) is 5.35. The number of carbonyl (C=O) groups excluding carboxylic acids is 3. The first-order chi connectivity index (χ1) is 9.60. The Kier molecular flexibility index (Phi) is 4.62. The maximum absolute atomic E-state index is 11.9. The summed E-state index contributed by atoms with van der Waals surface area (Å²) in [7, 11) is 1.30. The van der Waals surface area contributed by atoms with Gasteiger partial charge in [-0.3, -0.25) is 14.4 Å². The van der Waals surface area contributed by atoms with Crippen LogP contribution in [-0.2, 0) is 14.3 Å². The number of amides is 2. The summed E-state index contributed by atoms with van der Waals surface area (Å²) in [6.45, 7) is 0.212. The molecule has 2 amide bonds. The molecule has 0 aliphatic carbocycles. The van der Waals surface area contributed by atoms with E-state index >= 15 is 0 Å². The van der Waals surface area contributed by atoms with Crippen LogP contribution in [0, 0.1) is 0 Å². The Labute approximate surface area is 120 Å². The molecular formula is C13H14N2O4S. The first kappa shape index (κ1) is 14.4. The van der Waals surface area contributed by atoms with E-state index in [1.54, 1.807) is 18.2 Å². The molecule has 1 heterocycles. The number of hydrogen-bond donors (Lipinski definition) is 2. The van der Waals surface area contributed by atoms with Crippen LogP contribution < -0.4 is 10.6 Å². The van der Waals surface area contributed by atoms with Crippen LogP contribution in [0.5, 0.6) is 0 Å². The van der Waals surface area contributed by atoms with Gasteiger partial charge in [0.1, 0.15) is 0 Å². The Bertz CT molecular complexity index is 559. The van der Waals surface area contributed by atoms with Gasteiger partial charge in [-0.05, 0) is 18.2 Å². The highest BCUT2D eigenvalue weighted by molar-refractivity contribution is 8.00. The van der Waals surface area contributed by atoms with Crippen molar-refractivity contribution >= 4 is 35.2 Å². The molecule has 2 N–H and O–H groups in total. The number of rotatable bonds is 4. The number of fused-ring (bicyclic) bond motifs is 1. The number of esters is 1. The van der Waals surface area contributed by atoms with Crippen LogP contribution in [0.1, 0.15) is 16.8 Å². The minimum atomic E-state index is -0.376. The van der Waals surface area contributed by atoms with E-state index in [1.807, 2.05) is 0 Å². The molecule has 2 rings (SSSR count). The monoisotopic (exact) mass is 294 g/mol. The normalized spacial score (nSPS) is 13.2. The lowest BCUT2D eigenvalue weighted by Gasteiger charge is -2.16. The molecule has 1 aromatic carbocycles. The molecule has 1 aromatic rings. The second-order valence-corrected chi connectivity index (χ2v) is 5.15. The van der Waals surface area contributed by atoms with Crippen molar-refractivity contribution in [1.29, 1.82) is 0 Å². The van der Waals surface area contributed by atoms with Crippen LogP contribution in [0.25, 0.3) is 0 Å². The molecule has 1 aliphatic rings. The highest BCUT2D eigenvalue weighted by atomic mass is 32.2. The van der Waals surface area contributed by atoms with Crippen molar-refractivity contribution < 1.29 is 19.1 Å². The summed E-state index contributed by atoms with van der Waals surface area (Å²) in [4.78, 5) is 35.1. The number of nitrogens with one attached hydrogen (secondary N) is 2. The standard InChI is InChI=1S/C13H14N2O4S/c1-19-12(17)4-5-14-13(18)8-2-3-10-9(6-8)15-11(16)7-20-10/h2-3,6H,4-5,7H2,1H3,(H,14,18)(H,15,16). The first-order valence-corrected chi connectivity index (χ1v) is 7.00. The van der Waals surface area contributed by atoms with Crippen LogP contribution in [0.3, 0.4) is 0 Å². The minimum Gasteiger partial charge on any atom is -0.469 e. The summed E-state index contributed by atoms with van der Waals surface area (Å²) in [6, 6.07) is 5.12. The number of ether oxygens (including phenoxy) is 1. The first-order valence-electron chi connectivity index (χ1n) is 6.02. The van der Waals surface area contributed by atoms with Crippen LogP contribution in [0.4, 0.5) is 5.69 Å². The molecule has 0 unspecified atom stereocenters. The van der Waals surface area contributed by atoms with E-state index in [1.165, 1.54) is 18.9 Å². The predicted octanol–water partition coefficient (Wildman–Crippen LogP) is 1.02. The van der Waals surface area contributed by atoms with Gasteiger partial charge in [-0.15, -0.1) is 11.8 Å². The molecule has 0 saturated carbocycles. The predicted molar refractivity (Wildman–Crippen MR) is 74.8 cm³/mol. The van der Waals surface area contributed by atoms with Crippen LogP contribution in [-0.4, -0.2) is 37.2 Å². The van der Waals surface area contributed by atoms with Gasteiger partial charge in [0.05, 0.1) is 25.0 Å². The van der Waals surface area contributed by atoms with E-state index in [0.29, 0.717) is 17.0 Å². The molecule has 0 atom stereocenters. The maximum Gasteiger partial charge on any atom is 0.307 e. The molecule has 0 bridgehead atoms. The summed E-state index contributed by atoms with van der Waals surface area (Å²) in [6.07, 6.45) is 0.125. The molecule has 106 valence electrons. The largest absolute Gasteiger partial charge is 0.469 e. The van der Waals surface area contributed by atoms with Crippen molar-refractivity contribution in [2.45, 2.75) is 11.3 Å². The molecule has 0 radical (unpaired) electrons. The lowest BCUT2D eigenvalue weighted by atomic mass is 10.2. The summed E-state index contributed by atoms with van der Waals surface area (Å²) < 4.78 is 4.48. The van der Waals surface area contributed by atoms with Crippen molar-refractivity contribution in [2.24, 2.45) is 0 Å². The second-order valence-electron chi connectivity index (χ2n) is 4.13. The average Bonchev–Trinajstić information content (AvgIpc) is 2.46. The Balaban J connectivity index is 1.98. The van der Waals surface area contributed by atoms with Crippen molar-refractivity contribution in [3.63, 3.8) is 0 Å². The summed E-state index contributed by atoms with van der Waals surface area (Å²) >= 11 is 1.44. The van der Waals surface area contributed by atoms with Gasteiger partial charge in [0, 0.05) is 17.0 Å². The molecule has 0 saturated heterocycles. The lowest BCUT2D eigenvalue weighted by Crippen LogP contribution is -2.27. The van der Waals surface area contributed by atoms with Gasteiger partial charge in [0.2, 0.25) is 5.91 Å². The van der Waals surface area contributed by atoms with E-state index in [4.69, 9.17) is 0 Å². The molecule has 0 aromatic heterocycles. The fourth-order valence-corrected chi connectivity index (χ4v) is 2.50.